The molecular weight excluding hydrogens is 404 g/mol. The summed E-state index contributed by atoms with van der Waals surface area (Å²) in [4.78, 5) is 8.55. The number of benzene rings is 2. The molecule has 31 heavy (non-hydrogen) atoms. The van der Waals surface area contributed by atoms with Gasteiger partial charge in [0.15, 0.2) is 5.65 Å². The van der Waals surface area contributed by atoms with Gasteiger partial charge in [-0.2, -0.15) is 10.2 Å². The van der Waals surface area contributed by atoms with Crippen molar-refractivity contribution in [2.75, 3.05) is 12.4 Å². The molecule has 154 valence electrons. The van der Waals surface area contributed by atoms with Crippen LogP contribution in [0.15, 0.2) is 55.0 Å². The molecule has 0 unspecified atom stereocenters. The molecule has 10 heteroatoms. The minimum absolute atomic E-state index is 0.265. The van der Waals surface area contributed by atoms with Crippen molar-refractivity contribution in [3.63, 3.8) is 0 Å². The van der Waals surface area contributed by atoms with Crippen LogP contribution in [0.4, 0.5) is 20.3 Å². The van der Waals surface area contributed by atoms with E-state index in [9.17, 15) is 8.78 Å². The average molecular weight is 419 g/mol. The van der Waals surface area contributed by atoms with Crippen molar-refractivity contribution in [2.45, 2.75) is 0 Å². The molecule has 5 aromatic rings. The highest BCUT2D eigenvalue weighted by molar-refractivity contribution is 5.99. The second-order valence-electron chi connectivity index (χ2n) is 6.65. The Morgan fingerprint density at radius 2 is 1.90 bits per heavy atom. The Labute approximate surface area is 174 Å². The van der Waals surface area contributed by atoms with Crippen LogP contribution in [0.5, 0.6) is 5.75 Å². The average Bonchev–Trinajstić information content (AvgIpc) is 3.44. The molecule has 3 heterocycles. The van der Waals surface area contributed by atoms with Crippen molar-refractivity contribution >= 4 is 22.5 Å². The number of rotatable bonds is 5. The first-order valence-electron chi connectivity index (χ1n) is 9.23. The standard InChI is InChI=1S/C21H15F2N7O/c1-31-17-5-2-11(13-4-3-12(22)9-14(13)23)8-16(17)27-20-18-19(15-6-7-26-28-15)29-30-21(18)25-10-24-20/h2-10H,1H3,(H,26,28)(H2,24,25,27,29,30). The minimum Gasteiger partial charge on any atom is -0.495 e. The zero-order valence-corrected chi connectivity index (χ0v) is 16.1. The van der Waals surface area contributed by atoms with Gasteiger partial charge in [-0.15, -0.1) is 0 Å². The molecule has 0 spiro atoms. The van der Waals surface area contributed by atoms with Gasteiger partial charge >= 0.3 is 0 Å². The molecule has 8 nitrogen and oxygen atoms in total. The summed E-state index contributed by atoms with van der Waals surface area (Å²) < 4.78 is 33.1. The van der Waals surface area contributed by atoms with Crippen molar-refractivity contribution < 1.29 is 13.5 Å². The molecule has 0 aliphatic carbocycles. The van der Waals surface area contributed by atoms with Crippen LogP contribution in [-0.2, 0) is 0 Å². The fourth-order valence-corrected chi connectivity index (χ4v) is 3.37. The Bertz CT molecular complexity index is 1380. The van der Waals surface area contributed by atoms with Crippen LogP contribution in [0.25, 0.3) is 33.5 Å². The maximum Gasteiger partial charge on any atom is 0.186 e. The van der Waals surface area contributed by atoms with E-state index in [2.05, 4.69) is 35.7 Å². The molecule has 0 amide bonds. The number of aromatic amines is 2. The Morgan fingerprint density at radius 3 is 2.68 bits per heavy atom. The molecule has 0 fully saturated rings. The summed E-state index contributed by atoms with van der Waals surface area (Å²) in [5, 5.41) is 17.9. The summed E-state index contributed by atoms with van der Waals surface area (Å²) in [5.74, 6) is -0.303. The predicted octanol–water partition coefficient (Wildman–Crippen LogP) is 4.44. The molecule has 0 radical (unpaired) electrons. The van der Waals surface area contributed by atoms with Crippen molar-refractivity contribution in [2.24, 2.45) is 0 Å². The number of aromatic nitrogens is 6. The summed E-state index contributed by atoms with van der Waals surface area (Å²) in [6.07, 6.45) is 3.01. The Morgan fingerprint density at radius 1 is 1.00 bits per heavy atom. The molecular formula is C21H15F2N7O. The first kappa shape index (κ1) is 18.7. The van der Waals surface area contributed by atoms with Crippen LogP contribution in [0.2, 0.25) is 0 Å². The van der Waals surface area contributed by atoms with Crippen LogP contribution in [0.3, 0.4) is 0 Å². The van der Waals surface area contributed by atoms with E-state index in [1.54, 1.807) is 30.5 Å². The first-order chi connectivity index (χ1) is 15.1. The highest BCUT2D eigenvalue weighted by Gasteiger charge is 2.17. The van der Waals surface area contributed by atoms with Gasteiger partial charge in [0.05, 0.1) is 29.6 Å². The number of H-pyrrole nitrogens is 2. The lowest BCUT2D eigenvalue weighted by molar-refractivity contribution is 0.417. The quantitative estimate of drug-likeness (QED) is 0.389. The van der Waals surface area contributed by atoms with E-state index in [0.29, 0.717) is 39.5 Å². The number of fused-ring (bicyclic) bond motifs is 1. The lowest BCUT2D eigenvalue weighted by atomic mass is 10.0. The number of nitrogens with zero attached hydrogens (tertiary/aromatic N) is 4. The second kappa shape index (κ2) is 7.48. The highest BCUT2D eigenvalue weighted by atomic mass is 19.1. The van der Waals surface area contributed by atoms with Crippen molar-refractivity contribution in [3.8, 4) is 28.3 Å². The van der Waals surface area contributed by atoms with Gasteiger partial charge in [-0.05, 0) is 35.9 Å². The van der Waals surface area contributed by atoms with Crippen LogP contribution in [0.1, 0.15) is 0 Å². The monoisotopic (exact) mass is 419 g/mol. The highest BCUT2D eigenvalue weighted by Crippen LogP contribution is 2.36. The largest absolute Gasteiger partial charge is 0.495 e. The molecule has 0 saturated heterocycles. The molecule has 3 aromatic heterocycles. The third kappa shape index (κ3) is 3.33. The Hall–Kier alpha value is -4.34. The fourth-order valence-electron chi connectivity index (χ4n) is 3.37. The Balaban J connectivity index is 1.62. The predicted molar refractivity (Wildman–Crippen MR) is 111 cm³/mol. The summed E-state index contributed by atoms with van der Waals surface area (Å²) in [6, 6.07) is 10.4. The van der Waals surface area contributed by atoms with E-state index in [4.69, 9.17) is 4.74 Å². The van der Waals surface area contributed by atoms with Crippen LogP contribution >= 0.6 is 0 Å². The van der Waals surface area contributed by atoms with Crippen molar-refractivity contribution in [1.82, 2.24) is 30.4 Å². The summed E-state index contributed by atoms with van der Waals surface area (Å²) in [7, 11) is 1.53. The van der Waals surface area contributed by atoms with Gasteiger partial charge < -0.3 is 10.1 Å². The van der Waals surface area contributed by atoms with Crippen molar-refractivity contribution in [3.05, 3.63) is 66.6 Å². The van der Waals surface area contributed by atoms with E-state index < -0.39 is 11.6 Å². The van der Waals surface area contributed by atoms with Crippen LogP contribution in [-0.4, -0.2) is 37.5 Å². The molecule has 0 aliphatic heterocycles. The smallest absolute Gasteiger partial charge is 0.186 e. The number of methoxy groups -OCH3 is 1. The van der Waals surface area contributed by atoms with Crippen LogP contribution in [0, 0.1) is 11.6 Å². The molecule has 0 bridgehead atoms. The number of nitrogens with one attached hydrogen (secondary N) is 3. The van der Waals surface area contributed by atoms with Gasteiger partial charge in [0.2, 0.25) is 0 Å². The molecule has 2 aromatic carbocycles. The van der Waals surface area contributed by atoms with E-state index >= 15 is 0 Å². The van der Waals surface area contributed by atoms with E-state index in [1.165, 1.54) is 25.6 Å². The second-order valence-corrected chi connectivity index (χ2v) is 6.65. The number of halogens is 2. The molecule has 3 N–H and O–H groups in total. The van der Waals surface area contributed by atoms with Crippen LogP contribution < -0.4 is 10.1 Å². The Kier molecular flexibility index (Phi) is 4.51. The minimum atomic E-state index is -0.656. The number of hydrogen-bond acceptors (Lipinski definition) is 6. The molecule has 0 atom stereocenters. The van der Waals surface area contributed by atoms with Gasteiger partial charge in [-0.1, -0.05) is 6.07 Å². The van der Waals surface area contributed by atoms with Gasteiger partial charge in [-0.3, -0.25) is 10.2 Å². The number of hydrogen-bond donors (Lipinski definition) is 3. The zero-order valence-electron chi connectivity index (χ0n) is 16.1. The molecule has 0 saturated carbocycles. The third-order valence-electron chi connectivity index (χ3n) is 4.82. The van der Waals surface area contributed by atoms with Crippen molar-refractivity contribution in [1.29, 1.82) is 0 Å². The van der Waals surface area contributed by atoms with E-state index in [1.807, 2.05) is 0 Å². The fraction of sp³-hybridized carbons (Fsp3) is 0.0476. The lowest BCUT2D eigenvalue weighted by Gasteiger charge is -2.14. The summed E-state index contributed by atoms with van der Waals surface area (Å²) in [5.41, 5.74) is 3.19. The summed E-state index contributed by atoms with van der Waals surface area (Å²) in [6.45, 7) is 0. The third-order valence-corrected chi connectivity index (χ3v) is 4.82. The zero-order chi connectivity index (χ0) is 21.4. The first-order valence-corrected chi connectivity index (χ1v) is 9.23. The number of anilines is 2. The molecule has 5 rings (SSSR count). The lowest BCUT2D eigenvalue weighted by Crippen LogP contribution is -1.99. The SMILES string of the molecule is COc1ccc(-c2ccc(F)cc2F)cc1Nc1ncnc2n[nH]c(-c3ccn[nH]3)c12. The molecule has 0 aliphatic rings. The summed E-state index contributed by atoms with van der Waals surface area (Å²) >= 11 is 0. The van der Waals surface area contributed by atoms with Gasteiger partial charge in [0.1, 0.15) is 29.5 Å². The van der Waals surface area contributed by atoms with Gasteiger partial charge in [0, 0.05) is 17.8 Å². The maximum atomic E-state index is 14.3. The maximum absolute atomic E-state index is 14.3. The van der Waals surface area contributed by atoms with E-state index in [0.717, 1.165) is 11.8 Å². The topological polar surface area (TPSA) is 104 Å². The van der Waals surface area contributed by atoms with E-state index in [-0.39, 0.29) is 5.56 Å². The van der Waals surface area contributed by atoms with Gasteiger partial charge in [0.25, 0.3) is 0 Å². The number of ether oxygens (including phenoxy) is 1. The normalized spacial score (nSPS) is 11.1. The van der Waals surface area contributed by atoms with Gasteiger partial charge in [-0.25, -0.2) is 18.7 Å².